The smallest absolute Gasteiger partial charge is 0.236 e. The lowest BCUT2D eigenvalue weighted by molar-refractivity contribution is -0.131. The summed E-state index contributed by atoms with van der Waals surface area (Å²) in [6, 6.07) is 0.0356. The summed E-state index contributed by atoms with van der Waals surface area (Å²) in [6.07, 6.45) is 5.29. The Morgan fingerprint density at radius 3 is 2.33 bits per heavy atom. The quantitative estimate of drug-likeness (QED) is 0.731. The molecule has 0 spiro atoms. The van der Waals surface area contributed by atoms with E-state index < -0.39 is 10.0 Å². The minimum Gasteiger partial charge on any atom is -0.341 e. The van der Waals surface area contributed by atoms with Gasteiger partial charge in [-0.15, -0.1) is 0 Å². The molecule has 2 rings (SSSR count). The maximum Gasteiger partial charge on any atom is 0.236 e. The lowest BCUT2D eigenvalue weighted by atomic mass is 10.1. The normalized spacial score (nSPS) is 21.0. The average Bonchev–Trinajstić information content (AvgIpc) is 3.22. The number of rotatable bonds is 7. The largest absolute Gasteiger partial charge is 0.341 e. The number of hydrogen-bond acceptors (Lipinski definition) is 4. The molecule has 1 amide bonds. The number of piperidine rings is 1. The third-order valence-corrected chi connectivity index (χ3v) is 5.78. The van der Waals surface area contributed by atoms with Crippen LogP contribution in [0.4, 0.5) is 0 Å². The highest BCUT2D eigenvalue weighted by Crippen LogP contribution is 2.27. The Labute approximate surface area is 127 Å². The fourth-order valence-electron chi connectivity index (χ4n) is 2.98. The van der Waals surface area contributed by atoms with Crippen molar-refractivity contribution in [3.8, 4) is 0 Å². The number of nitrogens with one attached hydrogen (secondary N) is 1. The van der Waals surface area contributed by atoms with Gasteiger partial charge in [0.1, 0.15) is 0 Å². The van der Waals surface area contributed by atoms with Gasteiger partial charge in [-0.25, -0.2) is 8.42 Å². The van der Waals surface area contributed by atoms with E-state index in [-0.39, 0.29) is 11.9 Å². The van der Waals surface area contributed by atoms with Crippen LogP contribution in [0, 0.1) is 5.92 Å². The van der Waals surface area contributed by atoms with Crippen molar-refractivity contribution in [2.24, 2.45) is 5.92 Å². The van der Waals surface area contributed by atoms with E-state index in [4.69, 9.17) is 0 Å². The molecule has 1 saturated heterocycles. The number of carbonyl (C=O) groups excluding carboxylic acids is 1. The lowest BCUT2D eigenvalue weighted by Gasteiger charge is -2.36. The van der Waals surface area contributed by atoms with Crippen LogP contribution < -0.4 is 5.32 Å². The van der Waals surface area contributed by atoms with Gasteiger partial charge in [-0.3, -0.25) is 4.79 Å². The lowest BCUT2D eigenvalue weighted by Crippen LogP contribution is -2.50. The molecule has 1 aliphatic heterocycles. The van der Waals surface area contributed by atoms with Crippen LogP contribution >= 0.6 is 0 Å². The third-order valence-electron chi connectivity index (χ3n) is 4.37. The Balaban J connectivity index is 1.75. The van der Waals surface area contributed by atoms with E-state index in [9.17, 15) is 13.2 Å². The summed E-state index contributed by atoms with van der Waals surface area (Å²) in [6.45, 7) is 5.02. The molecule has 0 aromatic carbocycles. The minimum absolute atomic E-state index is 0.0356. The first-order valence-electron chi connectivity index (χ1n) is 7.87. The Hall–Kier alpha value is -0.660. The van der Waals surface area contributed by atoms with Crippen molar-refractivity contribution in [3.63, 3.8) is 0 Å². The number of sulfonamides is 1. The molecule has 1 aliphatic carbocycles. The number of hydrogen-bond donors (Lipinski definition) is 1. The van der Waals surface area contributed by atoms with Crippen molar-refractivity contribution < 1.29 is 13.2 Å². The first kappa shape index (κ1) is 16.7. The summed E-state index contributed by atoms with van der Waals surface area (Å²) in [5.41, 5.74) is 0. The van der Waals surface area contributed by atoms with Gasteiger partial charge < -0.3 is 10.2 Å². The molecule has 0 unspecified atom stereocenters. The first-order chi connectivity index (χ1) is 9.91. The van der Waals surface area contributed by atoms with Crippen LogP contribution in [-0.4, -0.2) is 68.6 Å². The summed E-state index contributed by atoms with van der Waals surface area (Å²) in [4.78, 5) is 13.9. The van der Waals surface area contributed by atoms with Crippen LogP contribution in [0.2, 0.25) is 0 Å². The average molecular weight is 317 g/mol. The van der Waals surface area contributed by atoms with Gasteiger partial charge in [0.05, 0.1) is 12.8 Å². The molecular formula is C14H27N3O3S. The highest BCUT2D eigenvalue weighted by Gasteiger charge is 2.30. The molecule has 1 N–H and O–H groups in total. The van der Waals surface area contributed by atoms with E-state index in [0.717, 1.165) is 25.3 Å². The number of amides is 1. The zero-order valence-electron chi connectivity index (χ0n) is 13.0. The molecule has 0 bridgehead atoms. The topological polar surface area (TPSA) is 69.7 Å². The van der Waals surface area contributed by atoms with E-state index in [1.165, 1.54) is 19.1 Å². The maximum absolute atomic E-state index is 12.1. The van der Waals surface area contributed by atoms with Gasteiger partial charge in [-0.1, -0.05) is 6.92 Å². The monoisotopic (exact) mass is 317 g/mol. The van der Waals surface area contributed by atoms with E-state index in [0.29, 0.717) is 26.2 Å². The Kier molecular flexibility index (Phi) is 5.62. The van der Waals surface area contributed by atoms with E-state index >= 15 is 0 Å². The molecule has 21 heavy (non-hydrogen) atoms. The van der Waals surface area contributed by atoms with Gasteiger partial charge in [-0.2, -0.15) is 4.31 Å². The highest BCUT2D eigenvalue weighted by atomic mass is 32.2. The van der Waals surface area contributed by atoms with Crippen molar-refractivity contribution in [1.29, 1.82) is 0 Å². The molecule has 1 heterocycles. The maximum atomic E-state index is 12.1. The second-order valence-corrected chi connectivity index (χ2v) is 8.09. The van der Waals surface area contributed by atoms with Crippen molar-refractivity contribution in [3.05, 3.63) is 0 Å². The van der Waals surface area contributed by atoms with Crippen molar-refractivity contribution in [2.75, 3.05) is 39.0 Å². The number of carbonyl (C=O) groups is 1. The summed E-state index contributed by atoms with van der Waals surface area (Å²) in [7, 11) is -3.15. The fourth-order valence-corrected chi connectivity index (χ4v) is 4.21. The van der Waals surface area contributed by atoms with Gasteiger partial charge in [0.2, 0.25) is 15.9 Å². The zero-order chi connectivity index (χ0) is 15.5. The van der Waals surface area contributed by atoms with Gasteiger partial charge in [0.25, 0.3) is 0 Å². The summed E-state index contributed by atoms with van der Waals surface area (Å²) in [5.74, 6) is 0.910. The summed E-state index contributed by atoms with van der Waals surface area (Å²) < 4.78 is 25.0. The molecule has 6 nitrogen and oxygen atoms in total. The Morgan fingerprint density at radius 2 is 1.86 bits per heavy atom. The van der Waals surface area contributed by atoms with Gasteiger partial charge >= 0.3 is 0 Å². The molecule has 0 aromatic rings. The van der Waals surface area contributed by atoms with Gasteiger partial charge in [0.15, 0.2) is 0 Å². The minimum atomic E-state index is -3.15. The summed E-state index contributed by atoms with van der Waals surface area (Å²) in [5, 5.41) is 3.22. The number of likely N-dealkylation sites (tertiary alicyclic amines) is 1. The number of nitrogens with zero attached hydrogens (tertiary/aromatic N) is 2. The van der Waals surface area contributed by atoms with Gasteiger partial charge in [-0.05, 0) is 38.1 Å². The van der Waals surface area contributed by atoms with Crippen molar-refractivity contribution in [1.82, 2.24) is 14.5 Å². The van der Waals surface area contributed by atoms with Crippen LogP contribution in [0.25, 0.3) is 0 Å². The first-order valence-corrected chi connectivity index (χ1v) is 9.72. The van der Waals surface area contributed by atoms with Crippen molar-refractivity contribution in [2.45, 2.75) is 38.6 Å². The Bertz CT molecular complexity index is 454. The van der Waals surface area contributed by atoms with Crippen LogP contribution in [0.5, 0.6) is 0 Å². The highest BCUT2D eigenvalue weighted by molar-refractivity contribution is 7.88. The van der Waals surface area contributed by atoms with Crippen LogP contribution in [0.1, 0.15) is 32.6 Å². The SMILES string of the molecule is CCN(C1CCN(C(=O)CNCC2CC2)CC1)S(C)(=O)=O. The van der Waals surface area contributed by atoms with E-state index in [1.54, 1.807) is 4.31 Å². The molecule has 1 saturated carbocycles. The Morgan fingerprint density at radius 1 is 1.24 bits per heavy atom. The van der Waals surface area contributed by atoms with E-state index in [2.05, 4.69) is 5.32 Å². The van der Waals surface area contributed by atoms with Crippen LogP contribution in [-0.2, 0) is 14.8 Å². The fraction of sp³-hybridized carbons (Fsp3) is 0.929. The second kappa shape index (κ2) is 7.07. The van der Waals surface area contributed by atoms with Crippen molar-refractivity contribution >= 4 is 15.9 Å². The molecular weight excluding hydrogens is 290 g/mol. The molecule has 0 atom stereocenters. The van der Waals surface area contributed by atoms with Crippen LogP contribution in [0.15, 0.2) is 0 Å². The molecule has 122 valence electrons. The summed E-state index contributed by atoms with van der Waals surface area (Å²) >= 11 is 0. The molecule has 0 aromatic heterocycles. The van der Waals surface area contributed by atoms with Gasteiger partial charge in [0, 0.05) is 25.7 Å². The molecule has 2 fully saturated rings. The van der Waals surface area contributed by atoms with E-state index in [1.807, 2.05) is 11.8 Å². The predicted octanol–water partition coefficient (Wildman–Crippen LogP) is 0.259. The van der Waals surface area contributed by atoms with Crippen LogP contribution in [0.3, 0.4) is 0 Å². The molecule has 2 aliphatic rings. The second-order valence-electron chi connectivity index (χ2n) is 6.15. The standard InChI is InChI=1S/C14H27N3O3S/c1-3-17(21(2,19)20)13-6-8-16(9-7-13)14(18)11-15-10-12-4-5-12/h12-13,15H,3-11H2,1-2H3. The third kappa shape index (κ3) is 4.93. The molecule has 0 radical (unpaired) electrons. The zero-order valence-corrected chi connectivity index (χ0v) is 13.9. The molecule has 7 heteroatoms. The predicted molar refractivity (Wildman–Crippen MR) is 82.4 cm³/mol.